The molecule has 0 heterocycles. The number of hydrogen-bond acceptors (Lipinski definition) is 3. The van der Waals surface area contributed by atoms with Crippen LogP contribution in [0.15, 0.2) is 42.0 Å². The van der Waals surface area contributed by atoms with Crippen molar-refractivity contribution in [2.24, 2.45) is 23.2 Å². The van der Waals surface area contributed by atoms with Gasteiger partial charge in [0, 0.05) is 29.9 Å². The van der Waals surface area contributed by atoms with Crippen LogP contribution in [0.3, 0.4) is 0 Å². The zero-order chi connectivity index (χ0) is 22.4. The van der Waals surface area contributed by atoms with Gasteiger partial charge < -0.3 is 9.16 Å². The maximum Gasteiger partial charge on any atom is 0.192 e. The molecular weight excluding hydrogens is 400 g/mol. The van der Waals surface area contributed by atoms with Gasteiger partial charge in [0.15, 0.2) is 14.1 Å². The van der Waals surface area contributed by atoms with Gasteiger partial charge in [0.25, 0.3) is 0 Å². The van der Waals surface area contributed by atoms with Crippen LogP contribution in [-0.2, 0) is 20.6 Å². The van der Waals surface area contributed by atoms with E-state index in [1.54, 1.807) is 0 Å². The lowest BCUT2D eigenvalue weighted by Gasteiger charge is -2.47. The van der Waals surface area contributed by atoms with Crippen LogP contribution in [0.5, 0.6) is 0 Å². The quantitative estimate of drug-likeness (QED) is 0.471. The normalized spacial score (nSPS) is 33.2. The molecule has 0 unspecified atom stereocenters. The first-order valence-electron chi connectivity index (χ1n) is 12.1. The zero-order valence-corrected chi connectivity index (χ0v) is 21.2. The Labute approximate surface area is 189 Å². The molecule has 5 atom stereocenters. The summed E-state index contributed by atoms with van der Waals surface area (Å²) < 4.78 is 13.2. The number of Topliss-reactive ketones (excluding diaryl/α,β-unsaturated/α-hetero) is 1. The van der Waals surface area contributed by atoms with Crippen LogP contribution >= 0.6 is 0 Å². The van der Waals surface area contributed by atoms with Crippen LogP contribution in [0.1, 0.15) is 58.9 Å². The predicted molar refractivity (Wildman–Crippen MR) is 128 cm³/mol. The Balaban J connectivity index is 1.54. The van der Waals surface area contributed by atoms with Crippen LogP contribution in [0.4, 0.5) is 0 Å². The number of carbonyl (C=O) groups is 1. The van der Waals surface area contributed by atoms with Crippen LogP contribution in [0, 0.1) is 23.2 Å². The lowest BCUT2D eigenvalue weighted by atomic mass is 9.61. The first-order valence-corrected chi connectivity index (χ1v) is 15.0. The highest BCUT2D eigenvalue weighted by molar-refractivity contribution is 6.74. The molecule has 0 saturated heterocycles. The Morgan fingerprint density at radius 3 is 2.52 bits per heavy atom. The van der Waals surface area contributed by atoms with Gasteiger partial charge in [0.2, 0.25) is 0 Å². The molecular formula is C27H40O3Si. The SMILES string of the molecule is C[C@@H]1C[C@H]2CC(=O)C3=C[C@H](CO[Si](C)(C)C(C)(C)C)C[C@@]32[C@@H](OCc2ccccc2)C1. The Bertz CT molecular complexity index is 838. The summed E-state index contributed by atoms with van der Waals surface area (Å²) in [5, 5.41) is 0.201. The Morgan fingerprint density at radius 1 is 1.13 bits per heavy atom. The molecule has 0 amide bonds. The van der Waals surface area contributed by atoms with Gasteiger partial charge >= 0.3 is 0 Å². The molecule has 0 N–H and O–H groups in total. The number of rotatable bonds is 6. The summed E-state index contributed by atoms with van der Waals surface area (Å²) in [7, 11) is -1.80. The molecule has 3 nitrogen and oxygen atoms in total. The number of ketones is 1. The maximum absolute atomic E-state index is 13.1. The van der Waals surface area contributed by atoms with Crippen molar-refractivity contribution < 1.29 is 14.0 Å². The van der Waals surface area contributed by atoms with E-state index in [0.29, 0.717) is 36.6 Å². The van der Waals surface area contributed by atoms with Crippen molar-refractivity contribution in [1.29, 1.82) is 0 Å². The molecule has 3 aliphatic carbocycles. The lowest BCUT2D eigenvalue weighted by molar-refractivity contribution is -0.115. The third-order valence-electron chi connectivity index (χ3n) is 8.60. The monoisotopic (exact) mass is 440 g/mol. The van der Waals surface area contributed by atoms with Crippen molar-refractivity contribution in [3.8, 4) is 0 Å². The molecule has 1 spiro atoms. The summed E-state index contributed by atoms with van der Waals surface area (Å²) >= 11 is 0. The second kappa shape index (κ2) is 8.28. The van der Waals surface area contributed by atoms with Crippen molar-refractivity contribution in [3.63, 3.8) is 0 Å². The van der Waals surface area contributed by atoms with E-state index >= 15 is 0 Å². The standard InChI is InChI=1S/C27H40O3Si/c1-19-12-22-15-24(28)23-14-21(18-30-31(5,6)26(2,3)4)16-27(22,23)25(13-19)29-17-20-10-8-7-9-11-20/h7-11,14,19,21-22,25H,12-13,15-18H2,1-6H3/t19-,21+,22+,25+,27+/m1/s1. The summed E-state index contributed by atoms with van der Waals surface area (Å²) in [5.74, 6) is 1.72. The van der Waals surface area contributed by atoms with Gasteiger partial charge in [-0.25, -0.2) is 0 Å². The van der Waals surface area contributed by atoms with Crippen molar-refractivity contribution >= 4 is 14.1 Å². The molecule has 2 fully saturated rings. The predicted octanol–water partition coefficient (Wildman–Crippen LogP) is 6.55. The van der Waals surface area contributed by atoms with Crippen LogP contribution in [0.2, 0.25) is 18.1 Å². The van der Waals surface area contributed by atoms with Crippen molar-refractivity contribution in [3.05, 3.63) is 47.5 Å². The molecule has 0 aliphatic heterocycles. The van der Waals surface area contributed by atoms with Crippen molar-refractivity contribution in [2.45, 2.75) is 84.2 Å². The van der Waals surface area contributed by atoms with E-state index < -0.39 is 8.32 Å². The number of carbonyl (C=O) groups excluding carboxylic acids is 1. The van der Waals surface area contributed by atoms with Gasteiger partial charge in [-0.1, -0.05) is 64.1 Å². The average molecular weight is 441 g/mol. The Morgan fingerprint density at radius 2 is 1.84 bits per heavy atom. The van der Waals surface area contributed by atoms with E-state index in [-0.39, 0.29) is 16.6 Å². The molecule has 170 valence electrons. The van der Waals surface area contributed by atoms with E-state index in [9.17, 15) is 4.79 Å². The number of benzene rings is 1. The minimum absolute atomic E-state index is 0.0974. The zero-order valence-electron chi connectivity index (χ0n) is 20.2. The molecule has 3 aliphatic rings. The average Bonchev–Trinajstić information content (AvgIpc) is 3.20. The second-order valence-electron chi connectivity index (χ2n) is 11.8. The molecule has 1 aromatic carbocycles. The summed E-state index contributed by atoms with van der Waals surface area (Å²) in [5.41, 5.74) is 2.19. The van der Waals surface area contributed by atoms with Gasteiger partial charge in [-0.2, -0.15) is 0 Å². The fourth-order valence-corrected chi connectivity index (χ4v) is 6.96. The highest BCUT2D eigenvalue weighted by Gasteiger charge is 2.61. The minimum atomic E-state index is -1.80. The topological polar surface area (TPSA) is 35.5 Å². The first-order chi connectivity index (χ1) is 14.5. The smallest absolute Gasteiger partial charge is 0.192 e. The van der Waals surface area contributed by atoms with E-state index in [0.717, 1.165) is 31.4 Å². The summed E-state index contributed by atoms with van der Waals surface area (Å²) in [6.07, 6.45) is 6.31. The molecule has 4 heteroatoms. The van der Waals surface area contributed by atoms with Gasteiger partial charge in [0.1, 0.15) is 0 Å². The molecule has 31 heavy (non-hydrogen) atoms. The van der Waals surface area contributed by atoms with E-state index in [1.807, 2.05) is 6.07 Å². The fraction of sp³-hybridized carbons (Fsp3) is 0.667. The third-order valence-corrected chi connectivity index (χ3v) is 13.1. The summed E-state index contributed by atoms with van der Waals surface area (Å²) in [4.78, 5) is 13.1. The fourth-order valence-electron chi connectivity index (χ4n) is 5.89. The highest BCUT2D eigenvalue weighted by Crippen LogP contribution is 2.62. The van der Waals surface area contributed by atoms with Crippen molar-refractivity contribution in [2.75, 3.05) is 6.61 Å². The van der Waals surface area contributed by atoms with Crippen molar-refractivity contribution in [1.82, 2.24) is 0 Å². The Kier molecular flexibility index (Phi) is 6.13. The van der Waals surface area contributed by atoms with Crippen LogP contribution < -0.4 is 0 Å². The molecule has 0 aromatic heterocycles. The maximum atomic E-state index is 13.1. The third kappa shape index (κ3) is 4.23. The summed E-state index contributed by atoms with van der Waals surface area (Å²) in [6, 6.07) is 10.4. The van der Waals surface area contributed by atoms with E-state index in [4.69, 9.17) is 9.16 Å². The molecule has 0 bridgehead atoms. The Hall–Kier alpha value is -1.23. The highest BCUT2D eigenvalue weighted by atomic mass is 28.4. The van der Waals surface area contributed by atoms with Crippen LogP contribution in [-0.4, -0.2) is 26.8 Å². The van der Waals surface area contributed by atoms with Crippen LogP contribution in [0.25, 0.3) is 0 Å². The number of ether oxygens (including phenoxy) is 1. The second-order valence-corrected chi connectivity index (χ2v) is 16.7. The molecule has 2 saturated carbocycles. The largest absolute Gasteiger partial charge is 0.416 e. The van der Waals surface area contributed by atoms with E-state index in [2.05, 4.69) is 71.1 Å². The van der Waals surface area contributed by atoms with Gasteiger partial charge in [-0.15, -0.1) is 0 Å². The van der Waals surface area contributed by atoms with Gasteiger partial charge in [-0.3, -0.25) is 4.79 Å². The number of hydrogen-bond donors (Lipinski definition) is 0. The minimum Gasteiger partial charge on any atom is -0.416 e. The molecule has 1 aromatic rings. The van der Waals surface area contributed by atoms with Gasteiger partial charge in [-0.05, 0) is 54.8 Å². The first kappa shape index (κ1) is 22.9. The molecule has 0 radical (unpaired) electrons. The molecule has 4 rings (SSSR count). The summed E-state index contributed by atoms with van der Waals surface area (Å²) in [6.45, 7) is 15.2. The lowest BCUT2D eigenvalue weighted by Crippen LogP contribution is -2.46. The van der Waals surface area contributed by atoms with Gasteiger partial charge in [0.05, 0.1) is 12.7 Å². The van der Waals surface area contributed by atoms with E-state index in [1.165, 1.54) is 5.56 Å².